The summed E-state index contributed by atoms with van der Waals surface area (Å²) in [5.41, 5.74) is 1.06. The van der Waals surface area contributed by atoms with E-state index in [0.717, 1.165) is 0 Å². The Kier molecular flexibility index (Phi) is 5.68. The molecule has 0 aromatic heterocycles. The lowest BCUT2D eigenvalue weighted by molar-refractivity contribution is -0.177. The van der Waals surface area contributed by atoms with E-state index in [9.17, 15) is 4.79 Å². The van der Waals surface area contributed by atoms with Gasteiger partial charge in [-0.25, -0.2) is 4.79 Å². The number of carbonyl (C=O) groups is 1. The molecule has 2 rings (SSSR count). The first-order chi connectivity index (χ1) is 11.1. The Morgan fingerprint density at radius 2 is 1.83 bits per heavy atom. The van der Waals surface area contributed by atoms with Gasteiger partial charge in [-0.15, -0.1) is 0 Å². The highest BCUT2D eigenvalue weighted by Gasteiger charge is 2.41. The molecule has 5 heteroatoms. The largest absolute Gasteiger partial charge is 0.453 e. The molecule has 0 aliphatic carbocycles. The normalized spacial score (nSPS) is 19.6. The van der Waals surface area contributed by atoms with Crippen molar-refractivity contribution in [2.45, 2.75) is 59.1 Å². The molecule has 0 saturated heterocycles. The second-order valence-corrected chi connectivity index (χ2v) is 12.7. The van der Waals surface area contributed by atoms with E-state index in [4.69, 9.17) is 9.26 Å². The zero-order valence-electron chi connectivity index (χ0n) is 15.6. The lowest BCUT2D eigenvalue weighted by atomic mass is 9.83. The summed E-state index contributed by atoms with van der Waals surface area (Å²) in [5.74, 6) is -0.276. The van der Waals surface area contributed by atoms with E-state index in [2.05, 4.69) is 52.5 Å². The van der Waals surface area contributed by atoms with Crippen LogP contribution in [0, 0.1) is 5.41 Å². The molecule has 24 heavy (non-hydrogen) atoms. The molecular weight excluding hydrogens is 318 g/mol. The number of rotatable bonds is 6. The van der Waals surface area contributed by atoms with Gasteiger partial charge in [-0.05, 0) is 36.7 Å². The van der Waals surface area contributed by atoms with E-state index in [1.807, 2.05) is 29.3 Å². The summed E-state index contributed by atoms with van der Waals surface area (Å²) < 4.78 is 12.0. The van der Waals surface area contributed by atoms with Crippen LogP contribution in [0.5, 0.6) is 0 Å². The van der Waals surface area contributed by atoms with Gasteiger partial charge in [-0.3, -0.25) is 0 Å². The van der Waals surface area contributed by atoms with Crippen LogP contribution in [0.25, 0.3) is 0 Å². The number of hydrogen-bond acceptors (Lipinski definition) is 4. The highest BCUT2D eigenvalue weighted by molar-refractivity contribution is 6.69. The minimum atomic E-state index is -1.82. The molecule has 0 radical (unpaired) electrons. The highest BCUT2D eigenvalue weighted by Crippen LogP contribution is 2.33. The van der Waals surface area contributed by atoms with Crippen LogP contribution in [0.3, 0.4) is 0 Å². The minimum Gasteiger partial charge on any atom is -0.453 e. The monoisotopic (exact) mass is 347 g/mol. The molecule has 1 heterocycles. The molecule has 2 atom stereocenters. The third-order valence-corrected chi connectivity index (χ3v) is 4.54. The van der Waals surface area contributed by atoms with Gasteiger partial charge in [-0.1, -0.05) is 51.1 Å². The zero-order chi connectivity index (χ0) is 18.0. The molecule has 1 aliphatic heterocycles. The van der Waals surface area contributed by atoms with Crippen molar-refractivity contribution < 1.29 is 14.1 Å². The Labute approximate surface area is 146 Å². The zero-order valence-corrected chi connectivity index (χ0v) is 16.6. The maximum Gasteiger partial charge on any atom is 0.331 e. The van der Waals surface area contributed by atoms with Crippen LogP contribution in [0.1, 0.15) is 26.3 Å². The molecule has 0 fully saturated rings. The molecule has 1 aliphatic rings. The van der Waals surface area contributed by atoms with Crippen molar-refractivity contribution in [2.75, 3.05) is 0 Å². The van der Waals surface area contributed by atoms with Crippen molar-refractivity contribution in [3.63, 3.8) is 0 Å². The predicted octanol–water partition coefficient (Wildman–Crippen LogP) is 4.15. The Morgan fingerprint density at radius 1 is 1.21 bits per heavy atom. The van der Waals surface area contributed by atoms with Gasteiger partial charge < -0.3 is 9.26 Å². The van der Waals surface area contributed by atoms with E-state index in [1.165, 1.54) is 11.6 Å². The molecule has 0 saturated carbocycles. The van der Waals surface area contributed by atoms with Gasteiger partial charge in [0.05, 0.1) is 6.04 Å². The second kappa shape index (κ2) is 7.21. The van der Waals surface area contributed by atoms with E-state index >= 15 is 0 Å². The Morgan fingerprint density at radius 3 is 2.29 bits per heavy atom. The smallest absolute Gasteiger partial charge is 0.331 e. The average Bonchev–Trinajstić information content (AvgIpc) is 2.82. The van der Waals surface area contributed by atoms with E-state index in [1.54, 1.807) is 0 Å². The molecule has 0 bridgehead atoms. The van der Waals surface area contributed by atoms with Gasteiger partial charge in [-0.2, -0.15) is 5.06 Å². The number of carbonyl (C=O) groups excluding carboxylic acids is 1. The van der Waals surface area contributed by atoms with Gasteiger partial charge in [0.25, 0.3) is 0 Å². The third kappa shape index (κ3) is 5.29. The van der Waals surface area contributed by atoms with E-state index < -0.39 is 8.32 Å². The average molecular weight is 348 g/mol. The summed E-state index contributed by atoms with van der Waals surface area (Å²) in [7, 11) is -1.82. The Bertz CT molecular complexity index is 587. The first kappa shape index (κ1) is 18.9. The first-order valence-corrected chi connectivity index (χ1v) is 11.9. The number of cyclic esters (lactones) is 1. The summed E-state index contributed by atoms with van der Waals surface area (Å²) in [6.45, 7) is 13.6. The van der Waals surface area contributed by atoms with Gasteiger partial charge >= 0.3 is 5.97 Å². The maximum atomic E-state index is 11.6. The number of esters is 1. The predicted molar refractivity (Wildman–Crippen MR) is 98.7 cm³/mol. The highest BCUT2D eigenvalue weighted by atomic mass is 28.4. The van der Waals surface area contributed by atoms with Crippen LogP contribution in [0.15, 0.2) is 42.5 Å². The van der Waals surface area contributed by atoms with Crippen molar-refractivity contribution in [1.29, 1.82) is 0 Å². The number of hydrogen-bond donors (Lipinski definition) is 0. The van der Waals surface area contributed by atoms with Crippen LogP contribution in [0.2, 0.25) is 19.6 Å². The van der Waals surface area contributed by atoms with E-state index in [-0.39, 0.29) is 23.5 Å². The van der Waals surface area contributed by atoms with Crippen molar-refractivity contribution in [2.24, 2.45) is 5.41 Å². The van der Waals surface area contributed by atoms with Crippen LogP contribution in [-0.2, 0) is 20.6 Å². The third-order valence-electron chi connectivity index (χ3n) is 3.76. The quantitative estimate of drug-likeness (QED) is 0.440. The molecule has 2 unspecified atom stereocenters. The van der Waals surface area contributed by atoms with Crippen molar-refractivity contribution >= 4 is 14.3 Å². The Hall–Kier alpha value is -1.43. The van der Waals surface area contributed by atoms with Crippen LogP contribution in [-0.4, -0.2) is 31.5 Å². The summed E-state index contributed by atoms with van der Waals surface area (Å²) >= 11 is 0. The number of hydroxylamine groups is 2. The standard InChI is InChI=1S/C19H29NO3Si/c1-19(2,3)18(16-12-13-17(21)22-16)20(23-24(4,5)6)14-15-10-8-7-9-11-15/h7-13,16,18H,14H2,1-6H3. The SMILES string of the molecule is CC(C)(C)C(C1C=CC(=O)O1)N(Cc1ccccc1)O[Si](C)(C)C. The van der Waals surface area contributed by atoms with Crippen molar-refractivity contribution in [1.82, 2.24) is 5.06 Å². The number of ether oxygens (including phenoxy) is 1. The maximum absolute atomic E-state index is 11.6. The minimum absolute atomic E-state index is 0.0628. The lowest BCUT2D eigenvalue weighted by Gasteiger charge is -2.44. The molecule has 1 aromatic carbocycles. The fourth-order valence-electron chi connectivity index (χ4n) is 2.95. The number of benzene rings is 1. The van der Waals surface area contributed by atoms with Crippen LogP contribution >= 0.6 is 0 Å². The fourth-order valence-corrected chi connectivity index (χ4v) is 3.83. The molecule has 1 aromatic rings. The first-order valence-electron chi connectivity index (χ1n) is 8.45. The summed E-state index contributed by atoms with van der Waals surface area (Å²) in [5, 5.41) is 2.04. The van der Waals surface area contributed by atoms with Gasteiger partial charge in [0, 0.05) is 12.6 Å². The molecule has 0 spiro atoms. The van der Waals surface area contributed by atoms with Gasteiger partial charge in [0.2, 0.25) is 8.32 Å². The molecule has 0 N–H and O–H groups in total. The Balaban J connectivity index is 2.33. The fraction of sp³-hybridized carbons (Fsp3) is 0.526. The van der Waals surface area contributed by atoms with Crippen LogP contribution in [0.4, 0.5) is 0 Å². The molecular formula is C19H29NO3Si. The molecule has 4 nitrogen and oxygen atoms in total. The van der Waals surface area contributed by atoms with Crippen LogP contribution < -0.4 is 0 Å². The van der Waals surface area contributed by atoms with Crippen molar-refractivity contribution in [3.05, 3.63) is 48.0 Å². The molecule has 0 amide bonds. The molecule has 132 valence electrons. The second-order valence-electron chi connectivity index (χ2n) is 8.34. The lowest BCUT2D eigenvalue weighted by Crippen LogP contribution is -2.53. The van der Waals surface area contributed by atoms with Gasteiger partial charge in [0.15, 0.2) is 0 Å². The summed E-state index contributed by atoms with van der Waals surface area (Å²) in [4.78, 5) is 11.6. The van der Waals surface area contributed by atoms with Gasteiger partial charge in [0.1, 0.15) is 6.10 Å². The van der Waals surface area contributed by atoms with Crippen molar-refractivity contribution in [3.8, 4) is 0 Å². The summed E-state index contributed by atoms with van der Waals surface area (Å²) in [6.07, 6.45) is 3.07. The number of nitrogens with zero attached hydrogens (tertiary/aromatic N) is 1. The topological polar surface area (TPSA) is 38.8 Å². The van der Waals surface area contributed by atoms with E-state index in [0.29, 0.717) is 6.54 Å². The summed E-state index contributed by atoms with van der Waals surface area (Å²) in [6, 6.07) is 10.2.